The third-order valence-electron chi connectivity index (χ3n) is 4.29. The van der Waals surface area contributed by atoms with E-state index in [9.17, 15) is 0 Å². The van der Waals surface area contributed by atoms with Crippen LogP contribution in [0.15, 0.2) is 24.5 Å². The van der Waals surface area contributed by atoms with E-state index in [1.54, 1.807) is 12.4 Å². The molecule has 2 aromatic rings. The number of nitrogens with zero attached hydrogens (tertiary/aromatic N) is 4. The van der Waals surface area contributed by atoms with Crippen LogP contribution in [-0.2, 0) is 9.47 Å². The Labute approximate surface area is 123 Å². The second-order valence-corrected chi connectivity index (χ2v) is 5.63. The van der Waals surface area contributed by atoms with Gasteiger partial charge in [-0.25, -0.2) is 9.97 Å². The number of rotatable bonds is 1. The van der Waals surface area contributed by atoms with Crippen molar-refractivity contribution in [3.05, 3.63) is 24.5 Å². The van der Waals surface area contributed by atoms with Crippen molar-refractivity contribution >= 4 is 17.0 Å². The third kappa shape index (κ3) is 2.45. The van der Waals surface area contributed by atoms with Crippen molar-refractivity contribution in [2.75, 3.05) is 37.8 Å². The first-order valence-corrected chi connectivity index (χ1v) is 7.39. The van der Waals surface area contributed by atoms with Crippen molar-refractivity contribution in [2.24, 2.45) is 0 Å². The van der Waals surface area contributed by atoms with Gasteiger partial charge in [0, 0.05) is 51.5 Å². The third-order valence-corrected chi connectivity index (χ3v) is 4.29. The Kier molecular flexibility index (Phi) is 3.20. The lowest BCUT2D eigenvalue weighted by Crippen LogP contribution is -2.54. The van der Waals surface area contributed by atoms with Gasteiger partial charge in [0.25, 0.3) is 0 Å². The molecule has 0 amide bonds. The number of pyridine rings is 1. The van der Waals surface area contributed by atoms with E-state index in [0.29, 0.717) is 5.65 Å². The summed E-state index contributed by atoms with van der Waals surface area (Å²) in [6, 6.07) is 4.01. The van der Waals surface area contributed by atoms with Crippen LogP contribution in [0, 0.1) is 0 Å². The lowest BCUT2D eigenvalue weighted by atomic mass is 9.92. The van der Waals surface area contributed by atoms with Crippen LogP contribution in [0.5, 0.6) is 0 Å². The van der Waals surface area contributed by atoms with Crippen molar-refractivity contribution in [1.29, 1.82) is 0 Å². The Morgan fingerprint density at radius 1 is 1.05 bits per heavy atom. The van der Waals surface area contributed by atoms with E-state index in [0.717, 1.165) is 57.1 Å². The van der Waals surface area contributed by atoms with E-state index in [1.807, 2.05) is 12.1 Å². The number of fused-ring (bicyclic) bond motifs is 1. The van der Waals surface area contributed by atoms with Crippen LogP contribution in [0.4, 0.5) is 5.82 Å². The highest BCUT2D eigenvalue weighted by atomic mass is 16.5. The Morgan fingerprint density at radius 2 is 1.90 bits per heavy atom. The lowest BCUT2D eigenvalue weighted by Gasteiger charge is -2.45. The molecule has 4 rings (SSSR count). The van der Waals surface area contributed by atoms with Crippen molar-refractivity contribution < 1.29 is 9.47 Å². The van der Waals surface area contributed by atoms with Gasteiger partial charge in [-0.2, -0.15) is 0 Å². The van der Waals surface area contributed by atoms with Gasteiger partial charge in [-0.3, -0.25) is 4.98 Å². The zero-order valence-corrected chi connectivity index (χ0v) is 11.9. The second kappa shape index (κ2) is 5.20. The SMILES string of the molecule is c1cnc2nc(N3CCOC4(CCOCC4)C3)ccc2n1. The first kappa shape index (κ1) is 12.9. The molecule has 2 fully saturated rings. The number of aromatic nitrogens is 3. The minimum absolute atomic E-state index is 0.0739. The summed E-state index contributed by atoms with van der Waals surface area (Å²) in [5.74, 6) is 0.956. The maximum Gasteiger partial charge on any atom is 0.180 e. The topological polar surface area (TPSA) is 60.4 Å². The molecule has 21 heavy (non-hydrogen) atoms. The highest BCUT2D eigenvalue weighted by Crippen LogP contribution is 2.31. The van der Waals surface area contributed by atoms with Gasteiger partial charge in [0.05, 0.1) is 12.2 Å². The summed E-state index contributed by atoms with van der Waals surface area (Å²) < 4.78 is 11.5. The number of hydrogen-bond acceptors (Lipinski definition) is 6. The summed E-state index contributed by atoms with van der Waals surface area (Å²) >= 11 is 0. The van der Waals surface area contributed by atoms with E-state index in [2.05, 4.69) is 19.9 Å². The molecule has 0 radical (unpaired) electrons. The fraction of sp³-hybridized carbons (Fsp3) is 0.533. The van der Waals surface area contributed by atoms with E-state index in [1.165, 1.54) is 0 Å². The minimum Gasteiger partial charge on any atom is -0.381 e. The van der Waals surface area contributed by atoms with Crippen LogP contribution >= 0.6 is 0 Å². The molecule has 2 aliphatic rings. The number of ether oxygens (including phenoxy) is 2. The highest BCUT2D eigenvalue weighted by molar-refractivity contribution is 5.71. The molecule has 0 unspecified atom stereocenters. The highest BCUT2D eigenvalue weighted by Gasteiger charge is 2.38. The van der Waals surface area contributed by atoms with Crippen LogP contribution in [0.3, 0.4) is 0 Å². The number of morpholine rings is 1. The van der Waals surface area contributed by atoms with E-state index >= 15 is 0 Å². The molecule has 6 heteroatoms. The molecule has 2 aliphatic heterocycles. The molecule has 4 heterocycles. The van der Waals surface area contributed by atoms with Crippen molar-refractivity contribution in [1.82, 2.24) is 15.0 Å². The second-order valence-electron chi connectivity index (χ2n) is 5.63. The molecule has 0 aliphatic carbocycles. The number of anilines is 1. The van der Waals surface area contributed by atoms with Crippen LogP contribution in [0.1, 0.15) is 12.8 Å². The molecule has 110 valence electrons. The van der Waals surface area contributed by atoms with E-state index < -0.39 is 0 Å². The minimum atomic E-state index is -0.0739. The maximum absolute atomic E-state index is 6.07. The van der Waals surface area contributed by atoms with Crippen LogP contribution in [0.2, 0.25) is 0 Å². The van der Waals surface area contributed by atoms with Gasteiger partial charge in [-0.05, 0) is 12.1 Å². The monoisotopic (exact) mass is 286 g/mol. The summed E-state index contributed by atoms with van der Waals surface area (Å²) in [6.45, 7) is 4.03. The van der Waals surface area contributed by atoms with Crippen molar-refractivity contribution in [2.45, 2.75) is 18.4 Å². The van der Waals surface area contributed by atoms with Crippen LogP contribution in [-0.4, -0.2) is 53.5 Å². The first-order chi connectivity index (χ1) is 10.3. The molecular formula is C15H18N4O2. The fourth-order valence-electron chi connectivity index (χ4n) is 3.11. The van der Waals surface area contributed by atoms with Gasteiger partial charge in [0.15, 0.2) is 5.65 Å². The Balaban J connectivity index is 1.61. The van der Waals surface area contributed by atoms with Gasteiger partial charge >= 0.3 is 0 Å². The van der Waals surface area contributed by atoms with Crippen molar-refractivity contribution in [3.63, 3.8) is 0 Å². The maximum atomic E-state index is 6.07. The molecular weight excluding hydrogens is 268 g/mol. The van der Waals surface area contributed by atoms with E-state index in [4.69, 9.17) is 9.47 Å². The average Bonchev–Trinajstić information content (AvgIpc) is 2.55. The number of hydrogen-bond donors (Lipinski definition) is 0. The quantitative estimate of drug-likeness (QED) is 0.790. The summed E-state index contributed by atoms with van der Waals surface area (Å²) in [4.78, 5) is 15.5. The zero-order valence-electron chi connectivity index (χ0n) is 11.9. The standard InChI is InChI=1S/C15H18N4O2/c1-2-13(18-14-12(1)16-5-6-17-14)19-7-10-21-15(11-19)3-8-20-9-4-15/h1-2,5-6H,3-4,7-11H2. The van der Waals surface area contributed by atoms with E-state index in [-0.39, 0.29) is 5.60 Å². The molecule has 0 N–H and O–H groups in total. The summed E-state index contributed by atoms with van der Waals surface area (Å²) in [7, 11) is 0. The van der Waals surface area contributed by atoms with Gasteiger partial charge < -0.3 is 14.4 Å². The van der Waals surface area contributed by atoms with Gasteiger partial charge in [-0.1, -0.05) is 0 Å². The van der Waals surface area contributed by atoms with Crippen LogP contribution in [0.25, 0.3) is 11.2 Å². The van der Waals surface area contributed by atoms with Crippen molar-refractivity contribution in [3.8, 4) is 0 Å². The molecule has 1 spiro atoms. The molecule has 6 nitrogen and oxygen atoms in total. The van der Waals surface area contributed by atoms with Gasteiger partial charge in [0.1, 0.15) is 11.3 Å². The fourth-order valence-corrected chi connectivity index (χ4v) is 3.11. The molecule has 0 aromatic carbocycles. The smallest absolute Gasteiger partial charge is 0.180 e. The average molecular weight is 286 g/mol. The normalized spacial score (nSPS) is 21.8. The first-order valence-electron chi connectivity index (χ1n) is 7.39. The van der Waals surface area contributed by atoms with Gasteiger partial charge in [0.2, 0.25) is 0 Å². The Bertz CT molecular complexity index is 637. The summed E-state index contributed by atoms with van der Waals surface area (Å²) in [5.41, 5.74) is 1.45. The zero-order chi connectivity index (χ0) is 14.1. The largest absolute Gasteiger partial charge is 0.381 e. The predicted molar refractivity (Wildman–Crippen MR) is 78.3 cm³/mol. The molecule has 0 atom stereocenters. The predicted octanol–water partition coefficient (Wildman–Crippen LogP) is 1.41. The molecule has 0 saturated carbocycles. The van der Waals surface area contributed by atoms with Crippen LogP contribution < -0.4 is 4.90 Å². The Morgan fingerprint density at radius 3 is 2.81 bits per heavy atom. The summed E-state index contributed by atoms with van der Waals surface area (Å²) in [6.07, 6.45) is 5.28. The molecule has 2 aromatic heterocycles. The Hall–Kier alpha value is -1.79. The lowest BCUT2D eigenvalue weighted by molar-refractivity contribution is -0.116. The molecule has 2 saturated heterocycles. The summed E-state index contributed by atoms with van der Waals surface area (Å²) in [5, 5.41) is 0. The van der Waals surface area contributed by atoms with Gasteiger partial charge in [-0.15, -0.1) is 0 Å². The molecule has 0 bridgehead atoms.